The van der Waals surface area contributed by atoms with E-state index >= 15 is 0 Å². The third-order valence-corrected chi connectivity index (χ3v) is 3.31. The molecule has 102 valence electrons. The molecule has 1 aromatic heterocycles. The highest BCUT2D eigenvalue weighted by molar-refractivity contribution is 5.74. The molecular formula is C15H15N3O2. The number of hydrogen-bond donors (Lipinski definition) is 1. The van der Waals surface area contributed by atoms with Crippen molar-refractivity contribution in [2.24, 2.45) is 0 Å². The highest BCUT2D eigenvalue weighted by Crippen LogP contribution is 2.26. The van der Waals surface area contributed by atoms with Gasteiger partial charge in [0.25, 0.3) is 0 Å². The summed E-state index contributed by atoms with van der Waals surface area (Å²) in [7, 11) is 0. The summed E-state index contributed by atoms with van der Waals surface area (Å²) in [6.45, 7) is -0.141. The van der Waals surface area contributed by atoms with Gasteiger partial charge >= 0.3 is 5.97 Å². The zero-order valence-corrected chi connectivity index (χ0v) is 11.1. The van der Waals surface area contributed by atoms with Gasteiger partial charge in [0.15, 0.2) is 0 Å². The number of nitriles is 1. The average Bonchev–Trinajstić information content (AvgIpc) is 2.45. The van der Waals surface area contributed by atoms with E-state index in [1.807, 2.05) is 6.07 Å². The van der Waals surface area contributed by atoms with Gasteiger partial charge in [-0.15, -0.1) is 6.42 Å². The molecule has 20 heavy (non-hydrogen) atoms. The molecule has 1 heterocycles. The molecule has 0 bridgehead atoms. The molecule has 0 amide bonds. The van der Waals surface area contributed by atoms with Crippen LogP contribution in [0.2, 0.25) is 0 Å². The lowest BCUT2D eigenvalue weighted by Gasteiger charge is -2.23. The minimum atomic E-state index is -0.997. The van der Waals surface area contributed by atoms with Crippen molar-refractivity contribution in [3.8, 4) is 18.4 Å². The lowest BCUT2D eigenvalue weighted by molar-refractivity contribution is -0.135. The van der Waals surface area contributed by atoms with Crippen molar-refractivity contribution in [3.05, 3.63) is 22.9 Å². The third-order valence-electron chi connectivity index (χ3n) is 3.31. The molecule has 5 nitrogen and oxygen atoms in total. The molecule has 0 aromatic carbocycles. The number of terminal acetylenes is 1. The van der Waals surface area contributed by atoms with Gasteiger partial charge in [-0.1, -0.05) is 5.92 Å². The number of carboxylic acid groups (broad SMARTS) is 1. The molecule has 0 radical (unpaired) electrons. The van der Waals surface area contributed by atoms with Crippen LogP contribution in [0.3, 0.4) is 0 Å². The van der Waals surface area contributed by atoms with Crippen molar-refractivity contribution in [3.63, 3.8) is 0 Å². The molecule has 0 saturated heterocycles. The summed E-state index contributed by atoms with van der Waals surface area (Å²) in [5.74, 6) is 1.80. The molecular weight excluding hydrogens is 254 g/mol. The van der Waals surface area contributed by atoms with Crippen LogP contribution in [0, 0.1) is 23.7 Å². The second kappa shape index (κ2) is 6.08. The van der Waals surface area contributed by atoms with Gasteiger partial charge in [0.1, 0.15) is 18.4 Å². The number of aliphatic carboxylic acids is 1. The molecule has 0 aliphatic heterocycles. The fourth-order valence-corrected chi connectivity index (χ4v) is 2.43. The van der Waals surface area contributed by atoms with Crippen LogP contribution in [0.25, 0.3) is 0 Å². The van der Waals surface area contributed by atoms with Gasteiger partial charge in [0.2, 0.25) is 0 Å². The van der Waals surface area contributed by atoms with Crippen LogP contribution in [-0.4, -0.2) is 29.1 Å². The van der Waals surface area contributed by atoms with E-state index in [1.54, 1.807) is 0 Å². The summed E-state index contributed by atoms with van der Waals surface area (Å²) in [4.78, 5) is 16.9. The number of aryl methyl sites for hydroxylation is 2. The summed E-state index contributed by atoms with van der Waals surface area (Å²) in [5, 5.41) is 18.2. The van der Waals surface area contributed by atoms with E-state index < -0.39 is 5.97 Å². The number of hydrogen-bond acceptors (Lipinski definition) is 4. The van der Waals surface area contributed by atoms with Crippen LogP contribution in [0.5, 0.6) is 0 Å². The smallest absolute Gasteiger partial charge is 0.323 e. The molecule has 0 atom stereocenters. The number of fused-ring (bicyclic) bond motifs is 1. The minimum absolute atomic E-state index is 0.118. The molecule has 1 aromatic rings. The molecule has 5 heteroatoms. The van der Waals surface area contributed by atoms with Crippen molar-refractivity contribution in [1.82, 2.24) is 4.98 Å². The SMILES string of the molecule is C#CCN(CC(=O)O)c1nc2c(cc1C#N)CCCC2. The molecule has 2 rings (SSSR count). The van der Waals surface area contributed by atoms with Gasteiger partial charge in [-0.2, -0.15) is 5.26 Å². The van der Waals surface area contributed by atoms with E-state index in [0.717, 1.165) is 36.9 Å². The van der Waals surface area contributed by atoms with Gasteiger partial charge in [-0.25, -0.2) is 4.98 Å². The Labute approximate surface area is 117 Å². The van der Waals surface area contributed by atoms with Gasteiger partial charge in [-0.05, 0) is 37.3 Å². The van der Waals surface area contributed by atoms with E-state index in [4.69, 9.17) is 11.5 Å². The Kier molecular flexibility index (Phi) is 4.22. The first kappa shape index (κ1) is 13.9. The van der Waals surface area contributed by atoms with Crippen LogP contribution in [-0.2, 0) is 17.6 Å². The number of pyridine rings is 1. The summed E-state index contributed by atoms with van der Waals surface area (Å²) in [6.07, 6.45) is 9.23. The van der Waals surface area contributed by atoms with E-state index in [1.165, 1.54) is 4.90 Å². The van der Waals surface area contributed by atoms with Gasteiger partial charge in [-0.3, -0.25) is 4.79 Å². The standard InChI is InChI=1S/C15H15N3O2/c1-2-7-18(10-14(19)20)15-12(9-16)8-11-5-3-4-6-13(11)17-15/h1,8H,3-7,10H2,(H,19,20). The number of rotatable bonds is 4. The predicted octanol–water partition coefficient (Wildman–Crippen LogP) is 1.36. The third kappa shape index (κ3) is 2.89. The van der Waals surface area contributed by atoms with Crippen LogP contribution >= 0.6 is 0 Å². The number of nitrogens with zero attached hydrogens (tertiary/aromatic N) is 3. The molecule has 0 fully saturated rings. The van der Waals surface area contributed by atoms with Crippen LogP contribution in [0.4, 0.5) is 5.82 Å². The van der Waals surface area contributed by atoms with Crippen molar-refractivity contribution >= 4 is 11.8 Å². The summed E-state index contributed by atoms with van der Waals surface area (Å²) in [5.41, 5.74) is 2.44. The second-order valence-electron chi connectivity index (χ2n) is 4.74. The Morgan fingerprint density at radius 2 is 2.25 bits per heavy atom. The highest BCUT2D eigenvalue weighted by Gasteiger charge is 2.20. The van der Waals surface area contributed by atoms with Crippen LogP contribution < -0.4 is 4.90 Å². The molecule has 1 aliphatic carbocycles. The van der Waals surface area contributed by atoms with E-state index in [-0.39, 0.29) is 13.1 Å². The van der Waals surface area contributed by atoms with Crippen LogP contribution in [0.1, 0.15) is 29.7 Å². The van der Waals surface area contributed by atoms with Gasteiger partial charge in [0.05, 0.1) is 12.1 Å². The number of aromatic nitrogens is 1. The summed E-state index contributed by atoms with van der Waals surface area (Å²) >= 11 is 0. The number of carbonyl (C=O) groups is 1. The molecule has 0 spiro atoms. The molecule has 1 aliphatic rings. The fourth-order valence-electron chi connectivity index (χ4n) is 2.43. The van der Waals surface area contributed by atoms with Gasteiger partial charge < -0.3 is 10.0 Å². The summed E-state index contributed by atoms with van der Waals surface area (Å²) < 4.78 is 0. The Morgan fingerprint density at radius 3 is 2.90 bits per heavy atom. The van der Waals surface area contributed by atoms with E-state index in [0.29, 0.717) is 11.4 Å². The minimum Gasteiger partial charge on any atom is -0.480 e. The zero-order valence-electron chi connectivity index (χ0n) is 11.1. The van der Waals surface area contributed by atoms with E-state index in [2.05, 4.69) is 17.0 Å². The first-order valence-corrected chi connectivity index (χ1v) is 6.48. The normalized spacial score (nSPS) is 12.9. The zero-order chi connectivity index (χ0) is 14.5. The Hall–Kier alpha value is -2.53. The van der Waals surface area contributed by atoms with Crippen molar-refractivity contribution < 1.29 is 9.90 Å². The van der Waals surface area contributed by atoms with Crippen LogP contribution in [0.15, 0.2) is 6.07 Å². The molecule has 1 N–H and O–H groups in total. The predicted molar refractivity (Wildman–Crippen MR) is 74.3 cm³/mol. The first-order chi connectivity index (χ1) is 9.65. The Balaban J connectivity index is 2.45. The average molecular weight is 269 g/mol. The quantitative estimate of drug-likeness (QED) is 0.835. The monoisotopic (exact) mass is 269 g/mol. The highest BCUT2D eigenvalue weighted by atomic mass is 16.4. The maximum Gasteiger partial charge on any atom is 0.323 e. The van der Waals surface area contributed by atoms with Gasteiger partial charge in [0, 0.05) is 5.69 Å². The maximum atomic E-state index is 10.9. The Bertz CT molecular complexity index is 611. The first-order valence-electron chi connectivity index (χ1n) is 6.48. The second-order valence-corrected chi connectivity index (χ2v) is 4.74. The van der Waals surface area contributed by atoms with Crippen molar-refractivity contribution in [2.45, 2.75) is 25.7 Å². The van der Waals surface area contributed by atoms with E-state index in [9.17, 15) is 10.1 Å². The lowest BCUT2D eigenvalue weighted by Crippen LogP contribution is -2.32. The molecule has 0 saturated carbocycles. The largest absolute Gasteiger partial charge is 0.480 e. The lowest BCUT2D eigenvalue weighted by atomic mass is 9.95. The Morgan fingerprint density at radius 1 is 1.50 bits per heavy atom. The molecule has 0 unspecified atom stereocenters. The summed E-state index contributed by atoms with van der Waals surface area (Å²) in [6, 6.07) is 3.91. The fraction of sp³-hybridized carbons (Fsp3) is 0.400. The van der Waals surface area contributed by atoms with Crippen molar-refractivity contribution in [1.29, 1.82) is 5.26 Å². The van der Waals surface area contributed by atoms with Crippen molar-refractivity contribution in [2.75, 3.05) is 18.0 Å². The topological polar surface area (TPSA) is 77.2 Å². The number of anilines is 1. The maximum absolute atomic E-state index is 10.9. The number of carboxylic acids is 1.